The molecule has 1 aliphatic carbocycles. The van der Waals surface area contributed by atoms with Crippen molar-refractivity contribution in [1.82, 2.24) is 9.88 Å². The van der Waals surface area contributed by atoms with Crippen molar-refractivity contribution in [2.45, 2.75) is 51.5 Å². The van der Waals surface area contributed by atoms with E-state index in [9.17, 15) is 9.59 Å². The lowest BCUT2D eigenvalue weighted by atomic mass is 10.1. The third-order valence-electron chi connectivity index (χ3n) is 3.98. The molecule has 0 aliphatic heterocycles. The average molecular weight is 262 g/mol. The zero-order chi connectivity index (χ0) is 13.8. The Kier molecular flexibility index (Phi) is 4.40. The molecule has 0 saturated heterocycles. The van der Waals surface area contributed by atoms with Crippen LogP contribution in [0, 0.1) is 6.92 Å². The van der Waals surface area contributed by atoms with Gasteiger partial charge in [-0.25, -0.2) is 0 Å². The highest BCUT2D eigenvalue weighted by Gasteiger charge is 2.23. The van der Waals surface area contributed by atoms with Gasteiger partial charge in [0, 0.05) is 18.8 Å². The van der Waals surface area contributed by atoms with Crippen LogP contribution in [0.2, 0.25) is 0 Å². The number of amides is 1. The van der Waals surface area contributed by atoms with Crippen LogP contribution < -0.4 is 5.56 Å². The fourth-order valence-corrected chi connectivity index (χ4v) is 2.74. The van der Waals surface area contributed by atoms with Gasteiger partial charge in [0.05, 0.1) is 0 Å². The third-order valence-corrected chi connectivity index (χ3v) is 3.98. The van der Waals surface area contributed by atoms with E-state index in [2.05, 4.69) is 4.98 Å². The summed E-state index contributed by atoms with van der Waals surface area (Å²) in [7, 11) is 1.82. The number of hydrogen-bond acceptors (Lipinski definition) is 2. The smallest absolute Gasteiger partial charge is 0.260 e. The zero-order valence-electron chi connectivity index (χ0n) is 11.7. The van der Waals surface area contributed by atoms with E-state index < -0.39 is 0 Å². The van der Waals surface area contributed by atoms with E-state index in [0.717, 1.165) is 18.5 Å². The molecular weight excluding hydrogens is 240 g/mol. The van der Waals surface area contributed by atoms with E-state index >= 15 is 0 Å². The standard InChI is InChI=1S/C15H22N2O2/c1-11-9-10-13(14(18)16-11)15(19)17(2)12-7-5-3-4-6-8-12/h9-10,12H,3-8H2,1-2H3,(H,16,18). The van der Waals surface area contributed by atoms with Crippen LogP contribution in [0.4, 0.5) is 0 Å². The minimum absolute atomic E-state index is 0.159. The van der Waals surface area contributed by atoms with Crippen LogP contribution in [0.5, 0.6) is 0 Å². The lowest BCUT2D eigenvalue weighted by Gasteiger charge is -2.27. The predicted molar refractivity (Wildman–Crippen MR) is 75.4 cm³/mol. The Balaban J connectivity index is 2.15. The van der Waals surface area contributed by atoms with Gasteiger partial charge in [-0.05, 0) is 31.9 Å². The minimum atomic E-state index is -0.287. The molecule has 0 aromatic carbocycles. The van der Waals surface area contributed by atoms with Gasteiger partial charge in [-0.1, -0.05) is 25.7 Å². The first-order valence-electron chi connectivity index (χ1n) is 7.06. The van der Waals surface area contributed by atoms with Gasteiger partial charge in [-0.15, -0.1) is 0 Å². The number of carbonyl (C=O) groups excluding carboxylic acids is 1. The van der Waals surface area contributed by atoms with Crippen molar-refractivity contribution < 1.29 is 4.79 Å². The number of aryl methyl sites for hydroxylation is 1. The molecule has 1 fully saturated rings. The van der Waals surface area contributed by atoms with Crippen molar-refractivity contribution in [2.75, 3.05) is 7.05 Å². The minimum Gasteiger partial charge on any atom is -0.339 e. The summed E-state index contributed by atoms with van der Waals surface area (Å²) in [6.07, 6.45) is 6.95. The van der Waals surface area contributed by atoms with Gasteiger partial charge in [0.2, 0.25) is 0 Å². The van der Waals surface area contributed by atoms with Gasteiger partial charge < -0.3 is 9.88 Å². The second kappa shape index (κ2) is 6.04. The van der Waals surface area contributed by atoms with Gasteiger partial charge >= 0.3 is 0 Å². The predicted octanol–water partition coefficient (Wildman–Crippen LogP) is 2.48. The van der Waals surface area contributed by atoms with Crippen LogP contribution in [0.3, 0.4) is 0 Å². The number of nitrogens with one attached hydrogen (secondary N) is 1. The summed E-state index contributed by atoms with van der Waals surface area (Å²) in [5.74, 6) is -0.159. The number of aromatic amines is 1. The maximum Gasteiger partial charge on any atom is 0.260 e. The number of hydrogen-bond donors (Lipinski definition) is 1. The molecular formula is C15H22N2O2. The molecule has 0 unspecified atom stereocenters. The normalized spacial score (nSPS) is 16.9. The fourth-order valence-electron chi connectivity index (χ4n) is 2.74. The van der Waals surface area contributed by atoms with Crippen molar-refractivity contribution in [3.63, 3.8) is 0 Å². The van der Waals surface area contributed by atoms with E-state index in [1.165, 1.54) is 25.7 Å². The number of rotatable bonds is 2. The number of pyridine rings is 1. The molecule has 4 heteroatoms. The Labute approximate surface area is 113 Å². The zero-order valence-corrected chi connectivity index (χ0v) is 11.7. The maximum absolute atomic E-state index is 12.4. The Morgan fingerprint density at radius 1 is 1.21 bits per heavy atom. The summed E-state index contributed by atoms with van der Waals surface area (Å²) in [4.78, 5) is 28.7. The number of nitrogens with zero attached hydrogens (tertiary/aromatic N) is 1. The highest BCUT2D eigenvalue weighted by atomic mass is 16.2. The van der Waals surface area contributed by atoms with Crippen LogP contribution in [-0.4, -0.2) is 28.9 Å². The van der Waals surface area contributed by atoms with E-state index in [4.69, 9.17) is 0 Å². The quantitative estimate of drug-likeness (QED) is 0.832. The Bertz CT molecular complexity index is 499. The van der Waals surface area contributed by atoms with Crippen molar-refractivity contribution in [2.24, 2.45) is 0 Å². The molecule has 4 nitrogen and oxygen atoms in total. The SMILES string of the molecule is Cc1ccc(C(=O)N(C)C2CCCCCC2)c(=O)[nH]1. The molecule has 0 bridgehead atoms. The first-order chi connectivity index (χ1) is 9.09. The molecule has 1 aromatic rings. The van der Waals surface area contributed by atoms with Gasteiger partial charge in [0.25, 0.3) is 11.5 Å². The van der Waals surface area contributed by atoms with E-state index in [0.29, 0.717) is 0 Å². The summed E-state index contributed by atoms with van der Waals surface area (Å²) >= 11 is 0. The molecule has 1 aliphatic rings. The van der Waals surface area contributed by atoms with Crippen LogP contribution in [-0.2, 0) is 0 Å². The molecule has 1 aromatic heterocycles. The summed E-state index contributed by atoms with van der Waals surface area (Å²) in [5.41, 5.74) is 0.737. The Morgan fingerprint density at radius 2 is 1.84 bits per heavy atom. The lowest BCUT2D eigenvalue weighted by molar-refractivity contribution is 0.0716. The number of aromatic nitrogens is 1. The van der Waals surface area contributed by atoms with E-state index in [1.807, 2.05) is 14.0 Å². The Hall–Kier alpha value is -1.58. The summed E-state index contributed by atoms with van der Waals surface area (Å²) in [5, 5.41) is 0. The second-order valence-corrected chi connectivity index (χ2v) is 5.45. The lowest BCUT2D eigenvalue weighted by Crippen LogP contribution is -2.39. The molecule has 104 valence electrons. The number of H-pyrrole nitrogens is 1. The van der Waals surface area contributed by atoms with Gasteiger partial charge in [-0.3, -0.25) is 9.59 Å². The summed E-state index contributed by atoms with van der Waals surface area (Å²) in [6.45, 7) is 1.81. The molecule has 1 saturated carbocycles. The van der Waals surface area contributed by atoms with Crippen LogP contribution in [0.1, 0.15) is 54.6 Å². The van der Waals surface area contributed by atoms with Crippen molar-refractivity contribution >= 4 is 5.91 Å². The highest BCUT2D eigenvalue weighted by Crippen LogP contribution is 2.21. The third kappa shape index (κ3) is 3.25. The van der Waals surface area contributed by atoms with E-state index in [-0.39, 0.29) is 23.1 Å². The molecule has 0 atom stereocenters. The fraction of sp³-hybridized carbons (Fsp3) is 0.600. The van der Waals surface area contributed by atoms with Gasteiger partial charge in [0.15, 0.2) is 0 Å². The molecule has 19 heavy (non-hydrogen) atoms. The largest absolute Gasteiger partial charge is 0.339 e. The second-order valence-electron chi connectivity index (χ2n) is 5.45. The average Bonchev–Trinajstić information content (AvgIpc) is 2.66. The van der Waals surface area contributed by atoms with Gasteiger partial charge in [-0.2, -0.15) is 0 Å². The topological polar surface area (TPSA) is 53.2 Å². The first kappa shape index (κ1) is 13.8. The van der Waals surface area contributed by atoms with Crippen molar-refractivity contribution in [3.05, 3.63) is 33.7 Å². The first-order valence-corrected chi connectivity index (χ1v) is 7.06. The number of carbonyl (C=O) groups is 1. The molecule has 0 radical (unpaired) electrons. The molecule has 2 rings (SSSR count). The maximum atomic E-state index is 12.4. The van der Waals surface area contributed by atoms with E-state index in [1.54, 1.807) is 17.0 Å². The monoisotopic (exact) mass is 262 g/mol. The van der Waals surface area contributed by atoms with Crippen molar-refractivity contribution in [1.29, 1.82) is 0 Å². The summed E-state index contributed by atoms with van der Waals surface area (Å²) in [6, 6.07) is 3.68. The highest BCUT2D eigenvalue weighted by molar-refractivity contribution is 5.93. The Morgan fingerprint density at radius 3 is 2.42 bits per heavy atom. The summed E-state index contributed by atoms with van der Waals surface area (Å²) < 4.78 is 0. The van der Waals surface area contributed by atoms with Gasteiger partial charge in [0.1, 0.15) is 5.56 Å². The van der Waals surface area contributed by atoms with Crippen LogP contribution in [0.25, 0.3) is 0 Å². The molecule has 1 N–H and O–H groups in total. The molecule has 0 spiro atoms. The van der Waals surface area contributed by atoms with Crippen LogP contribution in [0.15, 0.2) is 16.9 Å². The molecule has 1 heterocycles. The van der Waals surface area contributed by atoms with Crippen molar-refractivity contribution in [3.8, 4) is 0 Å². The van der Waals surface area contributed by atoms with Crippen LogP contribution >= 0.6 is 0 Å². The molecule has 1 amide bonds.